The summed E-state index contributed by atoms with van der Waals surface area (Å²) >= 11 is 5.04. The van der Waals surface area contributed by atoms with Crippen LogP contribution >= 0.6 is 27.7 Å². The predicted molar refractivity (Wildman–Crippen MR) is 63.1 cm³/mol. The van der Waals surface area contributed by atoms with Crippen LogP contribution in [0.2, 0.25) is 0 Å². The minimum atomic E-state index is 0.147. The zero-order chi connectivity index (χ0) is 10.6. The molecule has 0 spiro atoms. The molecule has 0 heterocycles. The minimum Gasteiger partial charge on any atom is -0.409 e. The molecule has 1 aromatic rings. The van der Waals surface area contributed by atoms with Crippen LogP contribution in [0.5, 0.6) is 0 Å². The van der Waals surface area contributed by atoms with E-state index in [2.05, 4.69) is 28.0 Å². The monoisotopic (exact) mass is 274 g/mol. The zero-order valence-corrected chi connectivity index (χ0v) is 10.1. The number of amidine groups is 1. The van der Waals surface area contributed by atoms with E-state index in [0.717, 1.165) is 20.7 Å². The van der Waals surface area contributed by atoms with Crippen molar-refractivity contribution >= 4 is 33.5 Å². The highest BCUT2D eigenvalue weighted by Gasteiger charge is 2.07. The van der Waals surface area contributed by atoms with Crippen LogP contribution in [0, 0.1) is 0 Å². The summed E-state index contributed by atoms with van der Waals surface area (Å²) in [6, 6.07) is 5.66. The van der Waals surface area contributed by atoms with E-state index in [9.17, 15) is 0 Å². The van der Waals surface area contributed by atoms with Crippen molar-refractivity contribution in [3.05, 3.63) is 28.2 Å². The van der Waals surface area contributed by atoms with Gasteiger partial charge in [-0.05, 0) is 24.0 Å². The molecule has 14 heavy (non-hydrogen) atoms. The van der Waals surface area contributed by atoms with Gasteiger partial charge in [-0.15, -0.1) is 11.8 Å². The molecule has 0 radical (unpaired) electrons. The highest BCUT2D eigenvalue weighted by atomic mass is 79.9. The van der Waals surface area contributed by atoms with Gasteiger partial charge < -0.3 is 10.9 Å². The summed E-state index contributed by atoms with van der Waals surface area (Å²) in [5.74, 6) is 1.09. The average Bonchev–Trinajstić information content (AvgIpc) is 2.17. The molecule has 76 valence electrons. The third-order valence-electron chi connectivity index (χ3n) is 1.63. The minimum absolute atomic E-state index is 0.147. The fourth-order valence-electron chi connectivity index (χ4n) is 1.04. The Bertz CT molecular complexity index is 355. The molecule has 0 bridgehead atoms. The van der Waals surface area contributed by atoms with E-state index in [1.807, 2.05) is 18.2 Å². The van der Waals surface area contributed by atoms with Crippen molar-refractivity contribution in [1.29, 1.82) is 0 Å². The predicted octanol–water partition coefficient (Wildman–Crippen LogP) is 2.66. The lowest BCUT2D eigenvalue weighted by Gasteiger charge is -2.06. The van der Waals surface area contributed by atoms with Crippen molar-refractivity contribution in [2.24, 2.45) is 10.9 Å². The van der Waals surface area contributed by atoms with Gasteiger partial charge in [0.1, 0.15) is 0 Å². The van der Waals surface area contributed by atoms with Gasteiger partial charge in [-0.1, -0.05) is 28.0 Å². The van der Waals surface area contributed by atoms with Gasteiger partial charge in [-0.2, -0.15) is 0 Å². The highest BCUT2D eigenvalue weighted by Crippen LogP contribution is 2.26. The number of thioether (sulfide) groups is 1. The van der Waals surface area contributed by atoms with E-state index in [-0.39, 0.29) is 5.84 Å². The molecule has 0 atom stereocenters. The highest BCUT2D eigenvalue weighted by molar-refractivity contribution is 9.10. The van der Waals surface area contributed by atoms with Gasteiger partial charge in [0.25, 0.3) is 0 Å². The summed E-state index contributed by atoms with van der Waals surface area (Å²) in [6.45, 7) is 2.06. The van der Waals surface area contributed by atoms with E-state index in [1.54, 1.807) is 11.8 Å². The number of hydrogen-bond donors (Lipinski definition) is 2. The number of nitrogens with zero attached hydrogens (tertiary/aromatic N) is 1. The lowest BCUT2D eigenvalue weighted by molar-refractivity contribution is 0.318. The first kappa shape index (κ1) is 11.4. The van der Waals surface area contributed by atoms with Crippen molar-refractivity contribution in [3.63, 3.8) is 0 Å². The van der Waals surface area contributed by atoms with Crippen LogP contribution < -0.4 is 5.73 Å². The molecule has 3 nitrogen and oxygen atoms in total. The number of benzene rings is 1. The van der Waals surface area contributed by atoms with E-state index in [0.29, 0.717) is 0 Å². The SMILES string of the molecule is CCSc1cc(Br)ccc1/C(N)=N/O. The van der Waals surface area contributed by atoms with Crippen LogP contribution in [0.3, 0.4) is 0 Å². The second kappa shape index (κ2) is 5.26. The van der Waals surface area contributed by atoms with Crippen molar-refractivity contribution in [3.8, 4) is 0 Å². The molecule has 0 aromatic heterocycles. The standard InChI is InChI=1S/C9H11BrN2OS/c1-2-14-8-5-6(10)3-4-7(8)9(11)12-13/h3-5,13H,2H2,1H3,(H2,11,12). The fraction of sp³-hybridized carbons (Fsp3) is 0.222. The first-order valence-corrected chi connectivity index (χ1v) is 5.87. The number of nitrogens with two attached hydrogens (primary N) is 1. The Balaban J connectivity index is 3.14. The molecular formula is C9H11BrN2OS. The Labute approximate surface area is 95.5 Å². The summed E-state index contributed by atoms with van der Waals surface area (Å²) in [5, 5.41) is 11.6. The Morgan fingerprint density at radius 1 is 1.64 bits per heavy atom. The molecule has 0 amide bonds. The molecule has 0 aliphatic rings. The molecule has 1 rings (SSSR count). The Morgan fingerprint density at radius 2 is 2.36 bits per heavy atom. The molecule has 5 heteroatoms. The topological polar surface area (TPSA) is 58.6 Å². The molecule has 0 saturated carbocycles. The quantitative estimate of drug-likeness (QED) is 0.293. The zero-order valence-electron chi connectivity index (χ0n) is 7.70. The van der Waals surface area contributed by atoms with Crippen LogP contribution in [0.25, 0.3) is 0 Å². The third-order valence-corrected chi connectivity index (χ3v) is 3.06. The lowest BCUT2D eigenvalue weighted by Crippen LogP contribution is -2.14. The number of rotatable bonds is 3. The average molecular weight is 275 g/mol. The van der Waals surface area contributed by atoms with E-state index in [1.165, 1.54) is 0 Å². The van der Waals surface area contributed by atoms with E-state index >= 15 is 0 Å². The van der Waals surface area contributed by atoms with Gasteiger partial charge in [0.2, 0.25) is 0 Å². The summed E-state index contributed by atoms with van der Waals surface area (Å²) in [6.07, 6.45) is 0. The number of halogens is 1. The van der Waals surface area contributed by atoms with Gasteiger partial charge in [0.05, 0.1) is 0 Å². The normalized spacial score (nSPS) is 11.7. The largest absolute Gasteiger partial charge is 0.409 e. The third kappa shape index (κ3) is 2.65. The summed E-state index contributed by atoms with van der Waals surface area (Å²) < 4.78 is 0.989. The molecule has 3 N–H and O–H groups in total. The molecule has 0 saturated heterocycles. The first-order chi connectivity index (χ1) is 6.69. The van der Waals surface area contributed by atoms with E-state index in [4.69, 9.17) is 10.9 Å². The second-order valence-electron chi connectivity index (χ2n) is 2.56. The van der Waals surface area contributed by atoms with Gasteiger partial charge in [0, 0.05) is 14.9 Å². The molecule has 0 aliphatic carbocycles. The van der Waals surface area contributed by atoms with Crippen molar-refractivity contribution in [1.82, 2.24) is 0 Å². The van der Waals surface area contributed by atoms with Gasteiger partial charge in [-0.3, -0.25) is 0 Å². The van der Waals surface area contributed by atoms with Crippen LogP contribution in [-0.4, -0.2) is 16.8 Å². The fourth-order valence-corrected chi connectivity index (χ4v) is 2.40. The van der Waals surface area contributed by atoms with Gasteiger partial charge in [0.15, 0.2) is 5.84 Å². The number of oxime groups is 1. The van der Waals surface area contributed by atoms with E-state index < -0.39 is 0 Å². The smallest absolute Gasteiger partial charge is 0.171 e. The van der Waals surface area contributed by atoms with Crippen LogP contribution in [0.15, 0.2) is 32.7 Å². The van der Waals surface area contributed by atoms with Gasteiger partial charge >= 0.3 is 0 Å². The summed E-state index contributed by atoms with van der Waals surface area (Å²) in [4.78, 5) is 1.01. The maximum absolute atomic E-state index is 8.59. The van der Waals surface area contributed by atoms with Crippen LogP contribution in [0.1, 0.15) is 12.5 Å². The van der Waals surface area contributed by atoms with Gasteiger partial charge in [-0.25, -0.2) is 0 Å². The summed E-state index contributed by atoms with van der Waals surface area (Å²) in [7, 11) is 0. The molecule has 0 fully saturated rings. The van der Waals surface area contributed by atoms with Crippen molar-refractivity contribution in [2.75, 3.05) is 5.75 Å². The lowest BCUT2D eigenvalue weighted by atomic mass is 10.2. The Morgan fingerprint density at radius 3 is 2.93 bits per heavy atom. The van der Waals surface area contributed by atoms with Crippen LogP contribution in [-0.2, 0) is 0 Å². The molecule has 1 aromatic carbocycles. The molecular weight excluding hydrogens is 264 g/mol. The van der Waals surface area contributed by atoms with Crippen molar-refractivity contribution in [2.45, 2.75) is 11.8 Å². The second-order valence-corrected chi connectivity index (χ2v) is 4.78. The Hall–Kier alpha value is -0.680. The first-order valence-electron chi connectivity index (χ1n) is 4.09. The summed E-state index contributed by atoms with van der Waals surface area (Å²) in [5.41, 5.74) is 6.31. The van der Waals surface area contributed by atoms with Crippen LogP contribution in [0.4, 0.5) is 0 Å². The number of hydrogen-bond acceptors (Lipinski definition) is 3. The Kier molecular flexibility index (Phi) is 4.28. The molecule has 0 unspecified atom stereocenters. The maximum atomic E-state index is 8.59. The molecule has 0 aliphatic heterocycles. The maximum Gasteiger partial charge on any atom is 0.171 e. The van der Waals surface area contributed by atoms with Crippen molar-refractivity contribution < 1.29 is 5.21 Å².